The van der Waals surface area contributed by atoms with Gasteiger partial charge < -0.3 is 5.32 Å². The molecule has 1 aromatic heterocycles. The van der Waals surface area contributed by atoms with Crippen molar-refractivity contribution in [2.75, 3.05) is 5.32 Å². The van der Waals surface area contributed by atoms with Gasteiger partial charge >= 0.3 is 6.18 Å². The number of alkyl halides is 3. The average molecular weight is 315 g/mol. The number of hydrogen-bond donors (Lipinski definition) is 1. The summed E-state index contributed by atoms with van der Waals surface area (Å²) in [6.45, 7) is 1.35. The lowest BCUT2D eigenvalue weighted by Gasteiger charge is -2.12. The monoisotopic (exact) mass is 314 g/mol. The molecule has 7 heteroatoms. The second-order valence-corrected chi connectivity index (χ2v) is 4.78. The number of carbonyl (C=O) groups is 1. The largest absolute Gasteiger partial charge is 0.416 e. The minimum Gasteiger partial charge on any atom is -0.321 e. The number of pyridine rings is 1. The molecule has 1 aromatic carbocycles. The molecule has 0 saturated carbocycles. The molecule has 1 N–H and O–H groups in total. The molecular weight excluding hydrogens is 305 g/mol. The van der Waals surface area contributed by atoms with Crippen molar-refractivity contribution >= 4 is 23.2 Å². The molecule has 21 heavy (non-hydrogen) atoms. The number of benzene rings is 1. The predicted octanol–water partition coefficient (Wildman–Crippen LogP) is 4.31. The maximum absolute atomic E-state index is 12.8. The molecule has 0 aliphatic heterocycles. The van der Waals surface area contributed by atoms with Crippen LogP contribution in [0.15, 0.2) is 36.5 Å². The van der Waals surface area contributed by atoms with Crippen LogP contribution >= 0.6 is 11.6 Å². The summed E-state index contributed by atoms with van der Waals surface area (Å²) in [6, 6.07) is 6.40. The fraction of sp³-hybridized carbons (Fsp3) is 0.143. The molecule has 110 valence electrons. The van der Waals surface area contributed by atoms with E-state index < -0.39 is 17.6 Å². The van der Waals surface area contributed by atoms with Gasteiger partial charge in [-0.25, -0.2) is 0 Å². The molecule has 0 bridgehead atoms. The van der Waals surface area contributed by atoms with Crippen LogP contribution in [0.4, 0.5) is 18.9 Å². The lowest BCUT2D eigenvalue weighted by atomic mass is 10.1. The third-order valence-corrected chi connectivity index (χ3v) is 2.99. The van der Waals surface area contributed by atoms with Gasteiger partial charge in [0.15, 0.2) is 0 Å². The molecule has 0 spiro atoms. The Morgan fingerprint density at radius 1 is 1.24 bits per heavy atom. The van der Waals surface area contributed by atoms with E-state index in [1.54, 1.807) is 0 Å². The van der Waals surface area contributed by atoms with Crippen LogP contribution in [0, 0.1) is 6.92 Å². The minimum absolute atomic E-state index is 0.0247. The predicted molar refractivity (Wildman–Crippen MR) is 73.4 cm³/mol. The molecule has 3 nitrogen and oxygen atoms in total. The summed E-state index contributed by atoms with van der Waals surface area (Å²) >= 11 is 5.73. The van der Waals surface area contributed by atoms with E-state index in [2.05, 4.69) is 10.3 Å². The summed E-state index contributed by atoms with van der Waals surface area (Å²) in [6.07, 6.45) is -3.13. The van der Waals surface area contributed by atoms with Gasteiger partial charge in [-0.15, -0.1) is 0 Å². The topological polar surface area (TPSA) is 42.0 Å². The van der Waals surface area contributed by atoms with Gasteiger partial charge in [0, 0.05) is 16.9 Å². The first-order valence-electron chi connectivity index (χ1n) is 5.88. The van der Waals surface area contributed by atoms with Crippen LogP contribution in [0.3, 0.4) is 0 Å². The second kappa shape index (κ2) is 5.73. The first-order valence-corrected chi connectivity index (χ1v) is 6.26. The Labute approximate surface area is 123 Å². The van der Waals surface area contributed by atoms with E-state index in [4.69, 9.17) is 11.6 Å². The zero-order chi connectivity index (χ0) is 15.6. The van der Waals surface area contributed by atoms with Gasteiger partial charge in [-0.3, -0.25) is 9.78 Å². The number of nitrogens with one attached hydrogen (secondary N) is 1. The van der Waals surface area contributed by atoms with Crippen LogP contribution in [0.1, 0.15) is 21.6 Å². The fourth-order valence-electron chi connectivity index (χ4n) is 1.73. The highest BCUT2D eigenvalue weighted by atomic mass is 35.5. The summed E-state index contributed by atoms with van der Waals surface area (Å²) in [4.78, 5) is 15.7. The second-order valence-electron chi connectivity index (χ2n) is 4.34. The lowest BCUT2D eigenvalue weighted by molar-refractivity contribution is -0.138. The van der Waals surface area contributed by atoms with Gasteiger partial charge in [-0.05, 0) is 36.8 Å². The Morgan fingerprint density at radius 3 is 2.57 bits per heavy atom. The molecule has 2 rings (SSSR count). The molecular formula is C14H10ClF3N2O. The number of rotatable bonds is 2. The Balaban J connectivity index is 2.26. The smallest absolute Gasteiger partial charge is 0.321 e. The molecule has 0 fully saturated rings. The van der Waals surface area contributed by atoms with E-state index in [9.17, 15) is 18.0 Å². The normalized spacial score (nSPS) is 11.3. The summed E-state index contributed by atoms with van der Waals surface area (Å²) in [5, 5.41) is 2.68. The van der Waals surface area contributed by atoms with Crippen LogP contribution in [-0.2, 0) is 6.18 Å². The van der Waals surface area contributed by atoms with Gasteiger partial charge in [0.2, 0.25) is 0 Å². The minimum atomic E-state index is -4.47. The van der Waals surface area contributed by atoms with Crippen LogP contribution in [0.5, 0.6) is 0 Å². The summed E-state index contributed by atoms with van der Waals surface area (Å²) < 4.78 is 38.4. The molecule has 0 radical (unpaired) electrons. The number of nitrogens with zero attached hydrogens (tertiary/aromatic N) is 1. The first kappa shape index (κ1) is 15.3. The highest BCUT2D eigenvalue weighted by molar-refractivity contribution is 6.30. The van der Waals surface area contributed by atoms with Crippen molar-refractivity contribution in [1.29, 1.82) is 0 Å². The van der Waals surface area contributed by atoms with Gasteiger partial charge in [-0.2, -0.15) is 13.2 Å². The van der Waals surface area contributed by atoms with E-state index >= 15 is 0 Å². The summed E-state index contributed by atoms with van der Waals surface area (Å²) in [5.74, 6) is -0.630. The standard InChI is InChI=1S/C14H10ClF3N2O/c1-8-2-3-10(7-11(8)14(16,17)18)20-13(21)12-6-9(15)4-5-19-12/h2-7H,1H3,(H,20,21). The van der Waals surface area contributed by atoms with Crippen molar-refractivity contribution in [2.45, 2.75) is 13.1 Å². The average Bonchev–Trinajstić information content (AvgIpc) is 2.39. The number of halogens is 4. The lowest BCUT2D eigenvalue weighted by Crippen LogP contribution is -2.15. The molecule has 0 unspecified atom stereocenters. The van der Waals surface area contributed by atoms with Crippen molar-refractivity contribution in [2.24, 2.45) is 0 Å². The molecule has 2 aromatic rings. The maximum Gasteiger partial charge on any atom is 0.416 e. The third-order valence-electron chi connectivity index (χ3n) is 2.76. The number of aromatic nitrogens is 1. The van der Waals surface area contributed by atoms with Gasteiger partial charge in [0.25, 0.3) is 5.91 Å². The van der Waals surface area contributed by atoms with Crippen LogP contribution in [0.2, 0.25) is 5.02 Å². The summed E-state index contributed by atoms with van der Waals surface area (Å²) in [5.41, 5.74) is -0.642. The summed E-state index contributed by atoms with van der Waals surface area (Å²) in [7, 11) is 0. The molecule has 0 atom stereocenters. The number of amides is 1. The Kier molecular flexibility index (Phi) is 4.18. The molecule has 1 amide bonds. The zero-order valence-electron chi connectivity index (χ0n) is 10.8. The van der Waals surface area contributed by atoms with Gasteiger partial charge in [0.05, 0.1) is 5.56 Å². The third kappa shape index (κ3) is 3.72. The van der Waals surface area contributed by atoms with Gasteiger partial charge in [-0.1, -0.05) is 17.7 Å². The SMILES string of the molecule is Cc1ccc(NC(=O)c2cc(Cl)ccn2)cc1C(F)(F)F. The molecule has 0 saturated heterocycles. The Hall–Kier alpha value is -2.08. The Bertz CT molecular complexity index is 686. The van der Waals surface area contributed by atoms with Crippen LogP contribution in [0.25, 0.3) is 0 Å². The van der Waals surface area contributed by atoms with Crippen molar-refractivity contribution in [3.8, 4) is 0 Å². The van der Waals surface area contributed by atoms with Crippen molar-refractivity contribution in [1.82, 2.24) is 4.98 Å². The molecule has 0 aliphatic rings. The van der Waals surface area contributed by atoms with Crippen LogP contribution < -0.4 is 5.32 Å². The fourth-order valence-corrected chi connectivity index (χ4v) is 1.89. The van der Waals surface area contributed by atoms with E-state index in [-0.39, 0.29) is 16.9 Å². The quantitative estimate of drug-likeness (QED) is 0.897. The number of aryl methyl sites for hydroxylation is 1. The van der Waals surface area contributed by atoms with Gasteiger partial charge in [0.1, 0.15) is 5.69 Å². The number of carbonyl (C=O) groups excluding carboxylic acids is 1. The molecule has 0 aliphatic carbocycles. The van der Waals surface area contributed by atoms with Crippen molar-refractivity contribution in [3.05, 3.63) is 58.4 Å². The van der Waals surface area contributed by atoms with Crippen molar-refractivity contribution in [3.63, 3.8) is 0 Å². The highest BCUT2D eigenvalue weighted by Gasteiger charge is 2.32. The Morgan fingerprint density at radius 2 is 1.95 bits per heavy atom. The maximum atomic E-state index is 12.8. The van der Waals surface area contributed by atoms with Crippen molar-refractivity contribution < 1.29 is 18.0 Å². The number of anilines is 1. The first-order chi connectivity index (χ1) is 9.77. The van der Waals surface area contributed by atoms with E-state index in [0.29, 0.717) is 5.02 Å². The molecule has 1 heterocycles. The van der Waals surface area contributed by atoms with E-state index in [1.165, 1.54) is 37.4 Å². The van der Waals surface area contributed by atoms with E-state index in [1.807, 2.05) is 0 Å². The highest BCUT2D eigenvalue weighted by Crippen LogP contribution is 2.33. The van der Waals surface area contributed by atoms with E-state index in [0.717, 1.165) is 6.07 Å². The van der Waals surface area contributed by atoms with Crippen LogP contribution in [-0.4, -0.2) is 10.9 Å². The number of hydrogen-bond acceptors (Lipinski definition) is 2. The zero-order valence-corrected chi connectivity index (χ0v) is 11.6.